The summed E-state index contributed by atoms with van der Waals surface area (Å²) in [6, 6.07) is 32.7. The Morgan fingerprint density at radius 3 is 0.950 bits per heavy atom. The van der Waals surface area contributed by atoms with Crippen molar-refractivity contribution in [3.05, 3.63) is 91.0 Å². The van der Waals surface area contributed by atoms with Gasteiger partial charge in [0.15, 0.2) is 0 Å². The fourth-order valence-electron chi connectivity index (χ4n) is 2.51. The van der Waals surface area contributed by atoms with E-state index in [-0.39, 0.29) is 20.3 Å². The predicted octanol–water partition coefficient (Wildman–Crippen LogP) is -0.948. The van der Waals surface area contributed by atoms with Crippen LogP contribution < -0.4 is 34.4 Å². The van der Waals surface area contributed by atoms with Crippen LogP contribution in [0.2, 0.25) is 0 Å². The molecule has 20 heavy (non-hydrogen) atoms. The minimum absolute atomic E-state index is 0. The van der Waals surface area contributed by atoms with Gasteiger partial charge in [-0.3, -0.25) is 0 Å². The van der Waals surface area contributed by atoms with E-state index in [0.717, 1.165) is 0 Å². The molecule has 2 heteroatoms. The van der Waals surface area contributed by atoms with Crippen LogP contribution in [-0.4, -0.2) is 8.80 Å². The summed E-state index contributed by atoms with van der Waals surface area (Å²) in [5, 5.41) is 4.42. The van der Waals surface area contributed by atoms with Crippen LogP contribution in [0.1, 0.15) is 1.43 Å². The van der Waals surface area contributed by atoms with Gasteiger partial charge in [-0.15, -0.1) is 0 Å². The van der Waals surface area contributed by atoms with Gasteiger partial charge in [0.1, 0.15) is 8.80 Å². The Kier molecular flexibility index (Phi) is 5.44. The Morgan fingerprint density at radius 1 is 0.450 bits per heavy atom. The van der Waals surface area contributed by atoms with Crippen molar-refractivity contribution in [2.75, 3.05) is 0 Å². The summed E-state index contributed by atoms with van der Waals surface area (Å²) >= 11 is 0. The molecule has 0 nitrogen and oxygen atoms in total. The second kappa shape index (κ2) is 7.31. The van der Waals surface area contributed by atoms with E-state index >= 15 is 0 Å². The van der Waals surface area contributed by atoms with Gasteiger partial charge >= 0.3 is 18.9 Å². The van der Waals surface area contributed by atoms with Gasteiger partial charge in [-0.25, -0.2) is 0 Å². The Morgan fingerprint density at radius 2 is 0.700 bits per heavy atom. The quantitative estimate of drug-likeness (QED) is 0.424. The molecule has 0 heterocycles. The first-order valence-electron chi connectivity index (χ1n) is 6.60. The van der Waals surface area contributed by atoms with Gasteiger partial charge in [-0.05, 0) is 0 Å². The Labute approximate surface area is 135 Å². The standard InChI is InChI=1S/C18H16Si.Li.H/c1-4-10-16(11-5-1)19(17-12-6-2-7-13-17)18-14-8-3-9-15-18;;/h1-15,19H;;/q;+1;-1. The van der Waals surface area contributed by atoms with Crippen LogP contribution in [0.3, 0.4) is 0 Å². The molecule has 0 unspecified atom stereocenters. The maximum Gasteiger partial charge on any atom is 1.00 e. The molecule has 0 N–H and O–H groups in total. The van der Waals surface area contributed by atoms with E-state index in [2.05, 4.69) is 91.0 Å². The van der Waals surface area contributed by atoms with Gasteiger partial charge in [0.05, 0.1) is 0 Å². The minimum atomic E-state index is -1.31. The number of hydrogen-bond donors (Lipinski definition) is 0. The summed E-state index contributed by atoms with van der Waals surface area (Å²) in [4.78, 5) is 0. The van der Waals surface area contributed by atoms with Crippen molar-refractivity contribution in [3.63, 3.8) is 0 Å². The summed E-state index contributed by atoms with van der Waals surface area (Å²) < 4.78 is 0. The van der Waals surface area contributed by atoms with E-state index in [1.807, 2.05) is 0 Å². The first-order valence-corrected chi connectivity index (χ1v) is 8.33. The van der Waals surface area contributed by atoms with Crippen LogP contribution in [0, 0.1) is 0 Å². The zero-order valence-corrected chi connectivity index (χ0v) is 12.9. The molecule has 0 spiro atoms. The van der Waals surface area contributed by atoms with Gasteiger partial charge in [0.2, 0.25) is 0 Å². The molecule has 0 aliphatic carbocycles. The molecule has 3 rings (SSSR count). The number of rotatable bonds is 3. The maximum absolute atomic E-state index is 2.26. The molecule has 0 bridgehead atoms. The van der Waals surface area contributed by atoms with E-state index in [9.17, 15) is 0 Å². The van der Waals surface area contributed by atoms with Crippen LogP contribution in [0.25, 0.3) is 0 Å². The van der Waals surface area contributed by atoms with Crippen LogP contribution in [0.4, 0.5) is 0 Å². The topological polar surface area (TPSA) is 0 Å². The number of hydrogen-bond acceptors (Lipinski definition) is 0. The van der Waals surface area contributed by atoms with Gasteiger partial charge in [0, 0.05) is 0 Å². The van der Waals surface area contributed by atoms with E-state index < -0.39 is 8.80 Å². The third-order valence-corrected chi connectivity index (χ3v) is 6.55. The van der Waals surface area contributed by atoms with E-state index in [0.29, 0.717) is 0 Å². The van der Waals surface area contributed by atoms with Crippen molar-refractivity contribution in [1.29, 1.82) is 0 Å². The molecule has 94 valence electrons. The van der Waals surface area contributed by atoms with Crippen molar-refractivity contribution in [2.24, 2.45) is 0 Å². The van der Waals surface area contributed by atoms with Crippen molar-refractivity contribution < 1.29 is 20.3 Å². The van der Waals surface area contributed by atoms with Crippen LogP contribution in [0.5, 0.6) is 0 Å². The molecule has 0 aromatic heterocycles. The SMILES string of the molecule is [H-].[Li+].c1ccc([SiH](c2ccccc2)c2ccccc2)cc1. The predicted molar refractivity (Wildman–Crippen MR) is 86.5 cm³/mol. The second-order valence-corrected chi connectivity index (χ2v) is 7.53. The molecule has 0 fully saturated rings. The molecule has 0 atom stereocenters. The molecular formula is C18H17LiSi. The van der Waals surface area contributed by atoms with Crippen LogP contribution in [-0.2, 0) is 0 Å². The number of benzene rings is 3. The summed E-state index contributed by atoms with van der Waals surface area (Å²) in [5.41, 5.74) is 0. The molecule has 0 amide bonds. The Hall–Kier alpha value is -1.53. The molecule has 0 aliphatic rings. The minimum Gasteiger partial charge on any atom is -1.00 e. The van der Waals surface area contributed by atoms with Crippen LogP contribution in [0.15, 0.2) is 91.0 Å². The van der Waals surface area contributed by atoms with E-state index in [4.69, 9.17) is 0 Å². The first kappa shape index (κ1) is 14.9. The van der Waals surface area contributed by atoms with E-state index in [1.54, 1.807) is 0 Å². The van der Waals surface area contributed by atoms with Crippen molar-refractivity contribution >= 4 is 24.4 Å². The monoisotopic (exact) mass is 268 g/mol. The van der Waals surface area contributed by atoms with Crippen molar-refractivity contribution in [1.82, 2.24) is 0 Å². The average Bonchev–Trinajstić information content (AvgIpc) is 2.51. The molecule has 0 saturated carbocycles. The third-order valence-electron chi connectivity index (χ3n) is 3.40. The van der Waals surface area contributed by atoms with Gasteiger partial charge in [-0.1, -0.05) is 107 Å². The Balaban J connectivity index is 0.00000110. The largest absolute Gasteiger partial charge is 1.00 e. The summed E-state index contributed by atoms with van der Waals surface area (Å²) in [5.74, 6) is 0. The van der Waals surface area contributed by atoms with Crippen LogP contribution >= 0.6 is 0 Å². The molecule has 3 aromatic carbocycles. The molecule has 0 radical (unpaired) electrons. The summed E-state index contributed by atoms with van der Waals surface area (Å²) in [7, 11) is -1.31. The molecule has 3 aromatic rings. The summed E-state index contributed by atoms with van der Waals surface area (Å²) in [6.07, 6.45) is 0. The van der Waals surface area contributed by atoms with E-state index in [1.165, 1.54) is 15.6 Å². The van der Waals surface area contributed by atoms with Gasteiger partial charge in [-0.2, -0.15) is 0 Å². The summed E-state index contributed by atoms with van der Waals surface area (Å²) in [6.45, 7) is 0. The zero-order valence-electron chi connectivity index (χ0n) is 12.7. The first-order chi connectivity index (χ1) is 9.45. The smallest absolute Gasteiger partial charge is 1.00 e. The molecule has 0 aliphatic heterocycles. The van der Waals surface area contributed by atoms with Gasteiger partial charge in [0.25, 0.3) is 0 Å². The van der Waals surface area contributed by atoms with Crippen molar-refractivity contribution in [2.45, 2.75) is 0 Å². The normalized spacial score (nSPS) is 10.1. The zero-order chi connectivity index (χ0) is 12.9. The average molecular weight is 268 g/mol. The fraction of sp³-hybridized carbons (Fsp3) is 0. The molecular weight excluding hydrogens is 251 g/mol. The molecule has 0 saturated heterocycles. The Bertz CT molecular complexity index is 535. The van der Waals surface area contributed by atoms with Gasteiger partial charge < -0.3 is 1.43 Å². The fourth-order valence-corrected chi connectivity index (χ4v) is 5.49. The maximum atomic E-state index is 2.26. The third kappa shape index (κ3) is 3.32. The van der Waals surface area contributed by atoms with Crippen molar-refractivity contribution in [3.8, 4) is 0 Å². The second-order valence-electron chi connectivity index (χ2n) is 4.67.